The lowest BCUT2D eigenvalue weighted by Gasteiger charge is -2.46. The maximum Gasteiger partial charge on any atom is 0.246 e. The molecule has 4 aromatic heterocycles. The second kappa shape index (κ2) is 10.1. The van der Waals surface area contributed by atoms with Gasteiger partial charge in [-0.25, -0.2) is 33.8 Å². The first kappa shape index (κ1) is 26.0. The third-order valence-corrected chi connectivity index (χ3v) is 7.06. The number of rotatable bonds is 6. The molecular weight excluding hydrogens is 527 g/mol. The Labute approximate surface area is 234 Å². The van der Waals surface area contributed by atoms with Gasteiger partial charge >= 0.3 is 0 Å². The van der Waals surface area contributed by atoms with Crippen LogP contribution in [0.3, 0.4) is 0 Å². The van der Waals surface area contributed by atoms with Crippen LogP contribution >= 0.6 is 0 Å². The molecule has 1 aliphatic rings. The van der Waals surface area contributed by atoms with E-state index < -0.39 is 11.4 Å². The van der Waals surface area contributed by atoms with Crippen LogP contribution in [0, 0.1) is 12.7 Å². The maximum absolute atomic E-state index is 15.5. The number of halogens is 1. The highest BCUT2D eigenvalue weighted by Crippen LogP contribution is 2.33. The quantitative estimate of drug-likeness (QED) is 0.307. The first-order valence-electron chi connectivity index (χ1n) is 12.9. The summed E-state index contributed by atoms with van der Waals surface area (Å²) >= 11 is 0. The molecule has 12 nitrogen and oxygen atoms in total. The fraction of sp³-hybridized carbons (Fsp3) is 0.250. The van der Waals surface area contributed by atoms with Crippen LogP contribution in [0.2, 0.25) is 0 Å². The van der Waals surface area contributed by atoms with Crippen LogP contribution < -0.4 is 15.0 Å². The first-order chi connectivity index (χ1) is 19.7. The zero-order chi connectivity index (χ0) is 28.7. The first-order valence-corrected chi connectivity index (χ1v) is 12.9. The van der Waals surface area contributed by atoms with Gasteiger partial charge in [-0.3, -0.25) is 4.79 Å². The number of hydrogen-bond acceptors (Lipinski definition) is 10. The number of nitrogens with zero attached hydrogens (tertiary/aromatic N) is 9. The van der Waals surface area contributed by atoms with Crippen molar-refractivity contribution in [1.82, 2.24) is 39.4 Å². The molecule has 1 saturated heterocycles. The maximum atomic E-state index is 15.5. The van der Waals surface area contributed by atoms with E-state index in [9.17, 15) is 4.79 Å². The second-order valence-corrected chi connectivity index (χ2v) is 10.3. The summed E-state index contributed by atoms with van der Waals surface area (Å²) in [5.41, 5.74) is 1.64. The van der Waals surface area contributed by atoms with Crippen LogP contribution in [-0.2, 0) is 4.79 Å². The minimum atomic E-state index is -0.489. The van der Waals surface area contributed by atoms with Crippen molar-refractivity contribution < 1.29 is 13.9 Å². The Balaban J connectivity index is 1.26. The van der Waals surface area contributed by atoms with E-state index in [0.29, 0.717) is 65.1 Å². The monoisotopic (exact) mass is 554 g/mol. The molecule has 1 aliphatic heterocycles. The van der Waals surface area contributed by atoms with Gasteiger partial charge < -0.3 is 19.9 Å². The largest absolute Gasteiger partial charge is 0.457 e. The number of carbonyl (C=O) groups excluding carboxylic acids is 1. The number of anilines is 3. The van der Waals surface area contributed by atoms with Gasteiger partial charge in [0.05, 0.1) is 17.4 Å². The van der Waals surface area contributed by atoms with E-state index in [-0.39, 0.29) is 11.6 Å². The molecule has 1 aromatic carbocycles. The number of aromatic nitrogens is 7. The third-order valence-electron chi connectivity index (χ3n) is 7.06. The van der Waals surface area contributed by atoms with Crippen LogP contribution in [0.25, 0.3) is 16.7 Å². The highest BCUT2D eigenvalue weighted by atomic mass is 19.1. The van der Waals surface area contributed by atoms with Crippen LogP contribution in [0.1, 0.15) is 19.4 Å². The molecule has 0 unspecified atom stereocenters. The standard InChI is InChI=1S/C28H27FN10O2/c1-5-23(40)38-11-10-37(14-28(38,3)4)27-30-13-20-25(36-27)26(33-15-31-20)35-19-6-7-21(17(2)24(19)29)41-18-8-9-39-22(12-18)32-16-34-39/h5-9,12-13,15-16H,1,10-11,14H2,2-4H3,(H,31,33,35). The van der Waals surface area contributed by atoms with Crippen molar-refractivity contribution in [1.29, 1.82) is 0 Å². The number of amides is 1. The zero-order valence-corrected chi connectivity index (χ0v) is 22.7. The van der Waals surface area contributed by atoms with Gasteiger partial charge in [0.25, 0.3) is 0 Å². The number of carbonyl (C=O) groups is 1. The molecule has 1 N–H and O–H groups in total. The molecule has 5 heterocycles. The number of fused-ring (bicyclic) bond motifs is 2. The van der Waals surface area contributed by atoms with Crippen molar-refractivity contribution in [2.75, 3.05) is 29.9 Å². The third kappa shape index (κ3) is 4.86. The van der Waals surface area contributed by atoms with E-state index in [4.69, 9.17) is 9.72 Å². The van der Waals surface area contributed by atoms with Gasteiger partial charge in [0, 0.05) is 37.5 Å². The predicted molar refractivity (Wildman–Crippen MR) is 151 cm³/mol. The van der Waals surface area contributed by atoms with Gasteiger partial charge in [-0.05, 0) is 45.0 Å². The molecule has 0 radical (unpaired) electrons. The number of piperazine rings is 1. The number of benzene rings is 1. The molecule has 0 aliphatic carbocycles. The molecule has 5 aromatic rings. The molecule has 41 heavy (non-hydrogen) atoms. The highest BCUT2D eigenvalue weighted by Gasteiger charge is 2.36. The fourth-order valence-corrected chi connectivity index (χ4v) is 4.92. The van der Waals surface area contributed by atoms with Crippen molar-refractivity contribution in [2.45, 2.75) is 26.3 Å². The SMILES string of the molecule is C=CC(=O)N1CCN(c2ncc3ncnc(Nc4ccc(Oc5ccn6ncnc6c5)c(C)c4F)c3n2)CC1(C)C. The van der Waals surface area contributed by atoms with Crippen molar-refractivity contribution >= 4 is 40.0 Å². The van der Waals surface area contributed by atoms with Crippen LogP contribution in [0.15, 0.2) is 62.0 Å². The van der Waals surface area contributed by atoms with E-state index >= 15 is 4.39 Å². The van der Waals surface area contributed by atoms with E-state index in [1.54, 1.807) is 53.0 Å². The van der Waals surface area contributed by atoms with Gasteiger partial charge in [-0.2, -0.15) is 5.10 Å². The van der Waals surface area contributed by atoms with E-state index in [1.807, 2.05) is 18.7 Å². The normalized spacial score (nSPS) is 14.8. The van der Waals surface area contributed by atoms with Crippen LogP contribution in [0.4, 0.5) is 21.8 Å². The molecule has 208 valence electrons. The molecule has 0 spiro atoms. The molecule has 1 fully saturated rings. The summed E-state index contributed by atoms with van der Waals surface area (Å²) in [5, 5.41) is 7.13. The molecule has 0 saturated carbocycles. The lowest BCUT2D eigenvalue weighted by molar-refractivity contribution is -0.131. The topological polar surface area (TPSA) is 127 Å². The molecular formula is C28H27FN10O2. The average Bonchev–Trinajstić information content (AvgIpc) is 3.44. The minimum absolute atomic E-state index is 0.112. The Morgan fingerprint density at radius 3 is 2.80 bits per heavy atom. The zero-order valence-electron chi connectivity index (χ0n) is 22.7. The molecule has 0 bridgehead atoms. The highest BCUT2D eigenvalue weighted by molar-refractivity contribution is 5.88. The summed E-state index contributed by atoms with van der Waals surface area (Å²) in [7, 11) is 0. The van der Waals surface area contributed by atoms with Gasteiger partial charge in [-0.1, -0.05) is 6.58 Å². The summed E-state index contributed by atoms with van der Waals surface area (Å²) in [6, 6.07) is 6.72. The lowest BCUT2D eigenvalue weighted by Crippen LogP contribution is -2.61. The number of pyridine rings is 1. The van der Waals surface area contributed by atoms with Crippen LogP contribution in [0.5, 0.6) is 11.5 Å². The van der Waals surface area contributed by atoms with Crippen molar-refractivity contribution in [3.8, 4) is 11.5 Å². The molecule has 1 amide bonds. The summed E-state index contributed by atoms with van der Waals surface area (Å²) in [6.07, 6.45) is 7.49. The lowest BCUT2D eigenvalue weighted by atomic mass is 9.99. The fourth-order valence-electron chi connectivity index (χ4n) is 4.92. The Kier molecular flexibility index (Phi) is 6.40. The summed E-state index contributed by atoms with van der Waals surface area (Å²) in [6.45, 7) is 10.8. The van der Waals surface area contributed by atoms with Gasteiger partial charge in [0.2, 0.25) is 11.9 Å². The van der Waals surface area contributed by atoms with Gasteiger partial charge in [0.15, 0.2) is 17.3 Å². The Bertz CT molecular complexity index is 1800. The van der Waals surface area contributed by atoms with E-state index in [2.05, 4.69) is 36.9 Å². The van der Waals surface area contributed by atoms with Crippen molar-refractivity contribution in [3.05, 3.63) is 73.3 Å². The Hall–Kier alpha value is -5.20. The summed E-state index contributed by atoms with van der Waals surface area (Å²) in [4.78, 5) is 38.1. The summed E-state index contributed by atoms with van der Waals surface area (Å²) in [5.74, 6) is 1.08. The second-order valence-electron chi connectivity index (χ2n) is 10.3. The van der Waals surface area contributed by atoms with E-state index in [1.165, 1.54) is 18.7 Å². The Morgan fingerprint density at radius 1 is 1.15 bits per heavy atom. The number of nitrogens with one attached hydrogen (secondary N) is 1. The molecule has 6 rings (SSSR count). The van der Waals surface area contributed by atoms with Crippen molar-refractivity contribution in [3.63, 3.8) is 0 Å². The number of ether oxygens (including phenoxy) is 1. The minimum Gasteiger partial charge on any atom is -0.457 e. The van der Waals surface area contributed by atoms with Gasteiger partial charge in [-0.15, -0.1) is 0 Å². The predicted octanol–water partition coefficient (Wildman–Crippen LogP) is 4.06. The van der Waals surface area contributed by atoms with E-state index in [0.717, 1.165) is 0 Å². The molecule has 13 heteroatoms. The summed E-state index contributed by atoms with van der Waals surface area (Å²) < 4.78 is 23.1. The Morgan fingerprint density at radius 2 is 2.00 bits per heavy atom. The van der Waals surface area contributed by atoms with Crippen molar-refractivity contribution in [2.24, 2.45) is 0 Å². The smallest absolute Gasteiger partial charge is 0.246 e. The average molecular weight is 555 g/mol. The number of hydrogen-bond donors (Lipinski definition) is 1. The van der Waals surface area contributed by atoms with Crippen LogP contribution in [-0.4, -0.2) is 70.5 Å². The molecule has 0 atom stereocenters. The van der Waals surface area contributed by atoms with Gasteiger partial charge in [0.1, 0.15) is 35.2 Å².